The zero-order valence-electron chi connectivity index (χ0n) is 5.51. The molecule has 10 heavy (non-hydrogen) atoms. The molecule has 1 unspecified atom stereocenters. The summed E-state index contributed by atoms with van der Waals surface area (Å²) in [5.74, 6) is 0.579. The van der Waals surface area contributed by atoms with Crippen LogP contribution in [0.5, 0.6) is 0 Å². The molecule has 1 fully saturated rings. The summed E-state index contributed by atoms with van der Waals surface area (Å²) in [5, 5.41) is 4.23. The lowest BCUT2D eigenvalue weighted by molar-refractivity contribution is -0.118. The first-order chi connectivity index (χ1) is 4.74. The van der Waals surface area contributed by atoms with E-state index in [4.69, 9.17) is 0 Å². The smallest absolute Gasteiger partial charge is 0.317 e. The van der Waals surface area contributed by atoms with Crippen LogP contribution in [0, 0.1) is 0 Å². The average molecular weight is 160 g/mol. The minimum absolute atomic E-state index is 0.239. The highest BCUT2D eigenvalue weighted by Gasteiger charge is 2.28. The van der Waals surface area contributed by atoms with Crippen LogP contribution in [0.1, 0.15) is 6.92 Å². The third-order valence-corrected chi connectivity index (χ3v) is 2.07. The van der Waals surface area contributed by atoms with Gasteiger partial charge in [-0.2, -0.15) is 0 Å². The largest absolute Gasteiger partial charge is 0.322 e. The highest BCUT2D eigenvalue weighted by Crippen LogP contribution is 2.10. The van der Waals surface area contributed by atoms with Gasteiger partial charge < -0.3 is 5.32 Å². The Morgan fingerprint density at radius 1 is 1.60 bits per heavy atom. The molecule has 0 saturated carbocycles. The van der Waals surface area contributed by atoms with Crippen LogP contribution in [0.3, 0.4) is 0 Å². The fourth-order valence-electron chi connectivity index (χ4n) is 0.682. The Balaban J connectivity index is 2.46. The Morgan fingerprint density at radius 2 is 2.30 bits per heavy atom. The molecule has 0 spiro atoms. The van der Waals surface area contributed by atoms with E-state index in [0.717, 1.165) is 5.75 Å². The Hall–Kier alpha value is -0.710. The van der Waals surface area contributed by atoms with Crippen LogP contribution in [0.2, 0.25) is 0 Å². The van der Waals surface area contributed by atoms with Gasteiger partial charge in [-0.05, 0) is 5.75 Å². The number of carbonyl (C=O) groups excluding carboxylic acids is 2. The van der Waals surface area contributed by atoms with Crippen LogP contribution in [0.25, 0.3) is 0 Å². The van der Waals surface area contributed by atoms with E-state index in [-0.39, 0.29) is 11.3 Å². The number of nitrogens with one attached hydrogen (secondary N) is 2. The Bertz CT molecular complexity index is 171. The molecule has 0 bridgehead atoms. The number of carbonyl (C=O) groups is 2. The van der Waals surface area contributed by atoms with E-state index in [1.807, 2.05) is 6.92 Å². The van der Waals surface area contributed by atoms with Crippen molar-refractivity contribution in [2.24, 2.45) is 0 Å². The summed E-state index contributed by atoms with van der Waals surface area (Å²) in [4.78, 5) is 21.2. The van der Waals surface area contributed by atoms with E-state index in [2.05, 4.69) is 10.6 Å². The Kier molecular flexibility index (Phi) is 2.16. The molecule has 1 heterocycles. The summed E-state index contributed by atoms with van der Waals surface area (Å²) in [7, 11) is 0. The quantitative estimate of drug-likeness (QED) is 0.555. The summed E-state index contributed by atoms with van der Waals surface area (Å²) in [6.07, 6.45) is 0. The summed E-state index contributed by atoms with van der Waals surface area (Å²) < 4.78 is 0. The third-order valence-electron chi connectivity index (χ3n) is 1.07. The van der Waals surface area contributed by atoms with Gasteiger partial charge in [-0.3, -0.25) is 10.1 Å². The number of thioether (sulfide) groups is 1. The molecule has 0 aliphatic carbocycles. The van der Waals surface area contributed by atoms with Crippen molar-refractivity contribution in [1.82, 2.24) is 10.6 Å². The number of imide groups is 1. The first kappa shape index (κ1) is 7.40. The predicted octanol–water partition coefficient (Wildman–Crippen LogP) is -0.0950. The topological polar surface area (TPSA) is 58.2 Å². The van der Waals surface area contributed by atoms with Crippen molar-refractivity contribution in [1.29, 1.82) is 0 Å². The first-order valence-corrected chi connectivity index (χ1v) is 4.02. The minimum atomic E-state index is -0.393. The number of rotatable bonds is 2. The lowest BCUT2D eigenvalue weighted by Crippen LogP contribution is -2.25. The van der Waals surface area contributed by atoms with E-state index in [9.17, 15) is 9.59 Å². The van der Waals surface area contributed by atoms with Gasteiger partial charge in [0, 0.05) is 0 Å². The van der Waals surface area contributed by atoms with Gasteiger partial charge in [0.2, 0.25) is 0 Å². The maximum atomic E-state index is 10.8. The van der Waals surface area contributed by atoms with E-state index >= 15 is 0 Å². The van der Waals surface area contributed by atoms with Gasteiger partial charge in [0.25, 0.3) is 5.91 Å². The fourth-order valence-corrected chi connectivity index (χ4v) is 1.42. The molecule has 56 valence electrons. The molecule has 1 rings (SSSR count). The van der Waals surface area contributed by atoms with Gasteiger partial charge in [0.1, 0.15) is 0 Å². The molecule has 0 aromatic carbocycles. The normalized spacial score (nSPS) is 24.3. The van der Waals surface area contributed by atoms with E-state index in [1.165, 1.54) is 11.8 Å². The second-order valence-corrected chi connectivity index (χ2v) is 3.18. The monoisotopic (exact) mass is 160 g/mol. The van der Waals surface area contributed by atoms with Crippen molar-refractivity contribution in [2.45, 2.75) is 12.3 Å². The SMILES string of the molecule is CCSC1NC(=O)NC1=O. The summed E-state index contributed by atoms with van der Waals surface area (Å²) in [5.41, 5.74) is 0. The number of hydrogen-bond donors (Lipinski definition) is 2. The fraction of sp³-hybridized carbons (Fsp3) is 0.600. The Morgan fingerprint density at radius 3 is 2.70 bits per heavy atom. The average Bonchev–Trinajstić information content (AvgIpc) is 2.13. The molecule has 0 aromatic heterocycles. The van der Waals surface area contributed by atoms with Gasteiger partial charge in [0.15, 0.2) is 5.37 Å². The van der Waals surface area contributed by atoms with Crippen LogP contribution < -0.4 is 10.6 Å². The third kappa shape index (κ3) is 1.41. The summed E-state index contributed by atoms with van der Waals surface area (Å²) >= 11 is 1.41. The molecule has 1 atom stereocenters. The van der Waals surface area contributed by atoms with Crippen molar-refractivity contribution >= 4 is 23.7 Å². The molecule has 1 aliphatic rings. The lowest BCUT2D eigenvalue weighted by Gasteiger charge is -2.01. The first-order valence-electron chi connectivity index (χ1n) is 2.97. The van der Waals surface area contributed by atoms with Crippen LogP contribution in [-0.2, 0) is 4.79 Å². The molecule has 1 aliphatic heterocycles. The van der Waals surface area contributed by atoms with Crippen LogP contribution in [0.4, 0.5) is 4.79 Å². The van der Waals surface area contributed by atoms with E-state index in [0.29, 0.717) is 0 Å². The lowest BCUT2D eigenvalue weighted by atomic mass is 10.6. The van der Waals surface area contributed by atoms with Gasteiger partial charge >= 0.3 is 6.03 Å². The predicted molar refractivity (Wildman–Crippen MR) is 38.6 cm³/mol. The van der Waals surface area contributed by atoms with Gasteiger partial charge in [-0.1, -0.05) is 6.92 Å². The molecule has 0 aromatic rings. The van der Waals surface area contributed by atoms with Crippen molar-refractivity contribution in [2.75, 3.05) is 5.75 Å². The maximum Gasteiger partial charge on any atom is 0.322 e. The molecule has 4 nitrogen and oxygen atoms in total. The summed E-state index contributed by atoms with van der Waals surface area (Å²) in [6.45, 7) is 1.93. The number of amides is 3. The van der Waals surface area contributed by atoms with Crippen molar-refractivity contribution in [3.63, 3.8) is 0 Å². The molecular formula is C5H8N2O2S. The van der Waals surface area contributed by atoms with Crippen LogP contribution in [-0.4, -0.2) is 23.1 Å². The second kappa shape index (κ2) is 2.92. The zero-order chi connectivity index (χ0) is 7.56. The summed E-state index contributed by atoms with van der Waals surface area (Å²) in [6, 6.07) is -0.393. The van der Waals surface area contributed by atoms with Gasteiger partial charge in [-0.25, -0.2) is 4.79 Å². The molecule has 1 saturated heterocycles. The molecule has 3 amide bonds. The zero-order valence-corrected chi connectivity index (χ0v) is 6.33. The second-order valence-electron chi connectivity index (χ2n) is 1.80. The molecular weight excluding hydrogens is 152 g/mol. The standard InChI is InChI=1S/C5H8N2O2S/c1-2-10-4-3(8)6-5(9)7-4/h4H,2H2,1H3,(H2,6,7,8,9). The Labute approximate surface area is 62.7 Å². The van der Waals surface area contributed by atoms with Crippen molar-refractivity contribution < 1.29 is 9.59 Å². The van der Waals surface area contributed by atoms with E-state index in [1.54, 1.807) is 0 Å². The maximum absolute atomic E-state index is 10.8. The van der Waals surface area contributed by atoms with Gasteiger partial charge in [0.05, 0.1) is 0 Å². The van der Waals surface area contributed by atoms with Crippen molar-refractivity contribution in [3.05, 3.63) is 0 Å². The number of urea groups is 1. The van der Waals surface area contributed by atoms with Crippen LogP contribution >= 0.6 is 11.8 Å². The minimum Gasteiger partial charge on any atom is -0.317 e. The number of hydrogen-bond acceptors (Lipinski definition) is 3. The highest BCUT2D eigenvalue weighted by molar-refractivity contribution is 8.00. The van der Waals surface area contributed by atoms with Gasteiger partial charge in [-0.15, -0.1) is 11.8 Å². The molecule has 0 radical (unpaired) electrons. The van der Waals surface area contributed by atoms with Crippen LogP contribution in [0.15, 0.2) is 0 Å². The van der Waals surface area contributed by atoms with Crippen molar-refractivity contribution in [3.8, 4) is 0 Å². The highest BCUT2D eigenvalue weighted by atomic mass is 32.2. The molecule has 5 heteroatoms. The molecule has 2 N–H and O–H groups in total. The van der Waals surface area contributed by atoms with E-state index < -0.39 is 6.03 Å².